The number of carboxylic acid groups (broad SMARTS) is 1. The Kier molecular flexibility index (Phi) is 10.4. The highest BCUT2D eigenvalue weighted by molar-refractivity contribution is 9.10. The number of piperidine rings is 1. The number of nitrogens with zero attached hydrogens (tertiary/aromatic N) is 3. The smallest absolute Gasteiger partial charge is 0.377 e. The highest BCUT2D eigenvalue weighted by Gasteiger charge is 2.35. The highest BCUT2D eigenvalue weighted by Crippen LogP contribution is 2.36. The molecule has 1 aliphatic rings. The van der Waals surface area contributed by atoms with Crippen LogP contribution in [0.1, 0.15) is 53.7 Å². The molecule has 1 saturated heterocycles. The lowest BCUT2D eigenvalue weighted by molar-refractivity contribution is -0.131. The summed E-state index contributed by atoms with van der Waals surface area (Å²) >= 11 is 3.53. The van der Waals surface area contributed by atoms with Crippen LogP contribution in [-0.2, 0) is 25.6 Å². The van der Waals surface area contributed by atoms with Gasteiger partial charge in [-0.2, -0.15) is 0 Å². The third kappa shape index (κ3) is 7.64. The normalized spacial score (nSPS) is 15.4. The molecule has 0 aliphatic carbocycles. The summed E-state index contributed by atoms with van der Waals surface area (Å²) < 4.78 is 20.8. The Morgan fingerprint density at radius 2 is 1.78 bits per heavy atom. The lowest BCUT2D eigenvalue weighted by Gasteiger charge is -2.41. The zero-order valence-electron chi connectivity index (χ0n) is 26.2. The molecule has 0 bridgehead atoms. The monoisotopic (exact) mass is 677 g/mol. The zero-order valence-corrected chi connectivity index (χ0v) is 27.8. The number of imidazole rings is 1. The van der Waals surface area contributed by atoms with Crippen molar-refractivity contribution >= 4 is 39.1 Å². The zero-order chi connectivity index (χ0) is 32.1. The summed E-state index contributed by atoms with van der Waals surface area (Å²) in [5.41, 5.74) is 4.71. The molecular formula is C35H40BrN3O6. The molecule has 5 rings (SSSR count). The van der Waals surface area contributed by atoms with E-state index in [2.05, 4.69) is 27.8 Å². The molecule has 10 heteroatoms. The largest absolute Gasteiger partial charge is 0.475 e. The molecule has 1 unspecified atom stereocenters. The number of benzene rings is 2. The number of hydrogen-bond donors (Lipinski definition) is 1. The van der Waals surface area contributed by atoms with Gasteiger partial charge in [0, 0.05) is 29.3 Å². The number of halogens is 1. The topological polar surface area (TPSA) is 103 Å². The summed E-state index contributed by atoms with van der Waals surface area (Å²) in [6.45, 7) is 10.9. The third-order valence-corrected chi connectivity index (χ3v) is 8.99. The average molecular weight is 679 g/mol. The van der Waals surface area contributed by atoms with Crippen LogP contribution >= 0.6 is 15.9 Å². The standard InChI is InChI=1S/C35H40BrN3O6/c1-23(44-22-26-9-6-5-7-10-26)21-43-17-18-45-35(4)13-15-38(16-14-35)33-30(31(40)34(41)42)24(2)25(3)32-37-29(20-39(32)33)27-11-8-12-28(36)19-27/h5-12,19-20,23H,13-18,21-22H2,1-4H3,(H,41,42). The maximum absolute atomic E-state index is 13.1. The van der Waals surface area contributed by atoms with Gasteiger partial charge in [0.2, 0.25) is 0 Å². The fourth-order valence-electron chi connectivity index (χ4n) is 5.72. The van der Waals surface area contributed by atoms with Crippen LogP contribution in [0.4, 0.5) is 5.82 Å². The first-order valence-electron chi connectivity index (χ1n) is 15.2. The van der Waals surface area contributed by atoms with Crippen LogP contribution in [0, 0.1) is 13.8 Å². The second-order valence-corrected chi connectivity index (χ2v) is 12.8. The molecule has 1 atom stereocenters. The van der Waals surface area contributed by atoms with Gasteiger partial charge in [-0.25, -0.2) is 9.78 Å². The van der Waals surface area contributed by atoms with Crippen molar-refractivity contribution in [1.29, 1.82) is 0 Å². The van der Waals surface area contributed by atoms with Crippen molar-refractivity contribution in [2.75, 3.05) is 37.8 Å². The maximum atomic E-state index is 13.1. The quantitative estimate of drug-likeness (QED) is 0.0954. The van der Waals surface area contributed by atoms with E-state index in [0.717, 1.165) is 26.9 Å². The van der Waals surface area contributed by atoms with Crippen molar-refractivity contribution in [2.24, 2.45) is 0 Å². The SMILES string of the molecule is Cc1c(C(=O)C(=O)O)c(N2CCC(C)(OCCOCC(C)OCc3ccccc3)CC2)n2cc(-c3cccc(Br)c3)nc2c1C. The first-order valence-corrected chi connectivity index (χ1v) is 16.0. The Balaban J connectivity index is 1.26. The molecule has 45 heavy (non-hydrogen) atoms. The van der Waals surface area contributed by atoms with Crippen LogP contribution in [-0.4, -0.2) is 70.9 Å². The Hall–Kier alpha value is -3.57. The third-order valence-electron chi connectivity index (χ3n) is 8.50. The van der Waals surface area contributed by atoms with Gasteiger partial charge in [0.05, 0.1) is 49.4 Å². The molecule has 1 N–H and O–H groups in total. The van der Waals surface area contributed by atoms with Gasteiger partial charge in [0.25, 0.3) is 5.78 Å². The molecule has 238 valence electrons. The Morgan fingerprint density at radius 3 is 2.47 bits per heavy atom. The second-order valence-electron chi connectivity index (χ2n) is 11.9. The van der Waals surface area contributed by atoms with Gasteiger partial charge in [-0.1, -0.05) is 58.4 Å². The number of aliphatic carboxylic acids is 1. The number of carbonyl (C=O) groups is 2. The molecule has 0 radical (unpaired) electrons. The number of ketones is 1. The van der Waals surface area contributed by atoms with E-state index in [1.165, 1.54) is 0 Å². The minimum Gasteiger partial charge on any atom is -0.475 e. The fourth-order valence-corrected chi connectivity index (χ4v) is 6.12. The highest BCUT2D eigenvalue weighted by atomic mass is 79.9. The van der Waals surface area contributed by atoms with Gasteiger partial charge < -0.3 is 24.2 Å². The van der Waals surface area contributed by atoms with Crippen LogP contribution in [0.25, 0.3) is 16.9 Å². The molecule has 2 aromatic heterocycles. The number of carboxylic acids is 1. The van der Waals surface area contributed by atoms with Gasteiger partial charge in [0.1, 0.15) is 11.5 Å². The first-order chi connectivity index (χ1) is 21.6. The minimum atomic E-state index is -1.48. The van der Waals surface area contributed by atoms with Crippen LogP contribution in [0.5, 0.6) is 0 Å². The van der Waals surface area contributed by atoms with Gasteiger partial charge in [0.15, 0.2) is 0 Å². The van der Waals surface area contributed by atoms with E-state index in [1.54, 1.807) is 6.92 Å². The summed E-state index contributed by atoms with van der Waals surface area (Å²) in [5.74, 6) is -1.84. The summed E-state index contributed by atoms with van der Waals surface area (Å²) in [6.07, 6.45) is 3.26. The number of ether oxygens (including phenoxy) is 3. The number of pyridine rings is 1. The molecule has 1 aliphatic heterocycles. The number of Topliss-reactive ketones (excluding diaryl/α,β-unsaturated/α-hetero) is 1. The van der Waals surface area contributed by atoms with Gasteiger partial charge in [-0.05, 0) is 69.4 Å². The van der Waals surface area contributed by atoms with E-state index in [9.17, 15) is 14.7 Å². The van der Waals surface area contributed by atoms with E-state index in [-0.39, 0.29) is 17.3 Å². The van der Waals surface area contributed by atoms with E-state index in [1.807, 2.05) is 79.0 Å². The summed E-state index contributed by atoms with van der Waals surface area (Å²) in [5, 5.41) is 9.76. The number of carbonyl (C=O) groups excluding carboxylic acids is 1. The number of aromatic nitrogens is 2. The first kappa shape index (κ1) is 32.8. The number of hydrogen-bond acceptors (Lipinski definition) is 7. The molecule has 0 spiro atoms. The van der Waals surface area contributed by atoms with E-state index >= 15 is 0 Å². The van der Waals surface area contributed by atoms with Crippen LogP contribution in [0.2, 0.25) is 0 Å². The fraction of sp³-hybridized carbons (Fsp3) is 0.400. The minimum absolute atomic E-state index is 0.0337. The Labute approximate surface area is 272 Å². The number of rotatable bonds is 13. The van der Waals surface area contributed by atoms with E-state index < -0.39 is 11.8 Å². The number of anilines is 1. The number of fused-ring (bicyclic) bond motifs is 1. The molecule has 3 heterocycles. The van der Waals surface area contributed by atoms with E-state index in [4.69, 9.17) is 19.2 Å². The summed E-state index contributed by atoms with van der Waals surface area (Å²) in [7, 11) is 0. The molecular weight excluding hydrogens is 638 g/mol. The van der Waals surface area contributed by atoms with Gasteiger partial charge in [-0.3, -0.25) is 9.20 Å². The lowest BCUT2D eigenvalue weighted by atomic mass is 9.92. The van der Waals surface area contributed by atoms with Crippen molar-refractivity contribution in [2.45, 2.75) is 58.8 Å². The van der Waals surface area contributed by atoms with Crippen LogP contribution in [0.15, 0.2) is 65.3 Å². The molecule has 0 amide bonds. The Bertz CT molecular complexity index is 1660. The second kappa shape index (κ2) is 14.2. The maximum Gasteiger partial charge on any atom is 0.377 e. The molecule has 9 nitrogen and oxygen atoms in total. The molecule has 2 aromatic carbocycles. The molecule has 4 aromatic rings. The summed E-state index contributed by atoms with van der Waals surface area (Å²) in [6, 6.07) is 17.9. The van der Waals surface area contributed by atoms with E-state index in [0.29, 0.717) is 69.4 Å². The van der Waals surface area contributed by atoms with Crippen molar-refractivity contribution in [3.05, 3.63) is 87.5 Å². The molecule has 1 fully saturated rings. The van der Waals surface area contributed by atoms with Gasteiger partial charge >= 0.3 is 5.97 Å². The van der Waals surface area contributed by atoms with Crippen molar-refractivity contribution in [3.63, 3.8) is 0 Å². The summed E-state index contributed by atoms with van der Waals surface area (Å²) in [4.78, 5) is 32.1. The van der Waals surface area contributed by atoms with Crippen LogP contribution < -0.4 is 4.90 Å². The van der Waals surface area contributed by atoms with Crippen LogP contribution in [0.3, 0.4) is 0 Å². The number of aryl methyl sites for hydroxylation is 1. The average Bonchev–Trinajstić information content (AvgIpc) is 3.48. The lowest BCUT2D eigenvalue weighted by Crippen LogP contribution is -2.46. The predicted molar refractivity (Wildman–Crippen MR) is 177 cm³/mol. The van der Waals surface area contributed by atoms with Crippen molar-refractivity contribution < 1.29 is 28.9 Å². The van der Waals surface area contributed by atoms with Gasteiger partial charge in [-0.15, -0.1) is 0 Å². The van der Waals surface area contributed by atoms with Crippen molar-refractivity contribution in [1.82, 2.24) is 9.38 Å². The van der Waals surface area contributed by atoms with Crippen molar-refractivity contribution in [3.8, 4) is 11.3 Å². The molecule has 0 saturated carbocycles. The predicted octanol–water partition coefficient (Wildman–Crippen LogP) is 6.65. The Morgan fingerprint density at radius 1 is 1.04 bits per heavy atom.